The maximum Gasteiger partial charge on any atom is 0.389 e. The molecular weight excluding hydrogens is 281 g/mol. The Bertz CT molecular complexity index is 410. The summed E-state index contributed by atoms with van der Waals surface area (Å²) in [7, 11) is 0. The highest BCUT2D eigenvalue weighted by atomic mass is 19.4. The van der Waals surface area contributed by atoms with Crippen LogP contribution < -0.4 is 10.1 Å². The summed E-state index contributed by atoms with van der Waals surface area (Å²) < 4.78 is 42.8. The zero-order valence-corrected chi connectivity index (χ0v) is 12.5. The first-order valence-electron chi connectivity index (χ1n) is 7.34. The summed E-state index contributed by atoms with van der Waals surface area (Å²) in [6.07, 6.45) is -0.0349. The normalized spacial score (nSPS) is 13.2. The molecule has 1 N–H and O–H groups in total. The zero-order chi connectivity index (χ0) is 15.7. The summed E-state index contributed by atoms with van der Waals surface area (Å²) in [5.74, 6) is 0.602. The molecule has 1 heterocycles. The average molecular weight is 304 g/mol. The van der Waals surface area contributed by atoms with Crippen LogP contribution in [0.3, 0.4) is 0 Å². The smallest absolute Gasteiger partial charge is 0.389 e. The standard InChI is InChI=1S/C15H23F3N2O/c1-3-7-20-14(5-6-15(16,17)18)12-9-13(11-19-10-12)21-8-4-2/h9-11,14,20H,3-8H2,1-2H3. The van der Waals surface area contributed by atoms with Crippen LogP contribution >= 0.6 is 0 Å². The molecule has 0 radical (unpaired) electrons. The second-order valence-electron chi connectivity index (χ2n) is 4.96. The van der Waals surface area contributed by atoms with Gasteiger partial charge in [0.2, 0.25) is 0 Å². The molecule has 0 aliphatic carbocycles. The molecule has 0 spiro atoms. The first-order valence-corrected chi connectivity index (χ1v) is 7.34. The molecule has 1 aromatic rings. The lowest BCUT2D eigenvalue weighted by molar-refractivity contribution is -0.136. The van der Waals surface area contributed by atoms with E-state index < -0.39 is 12.6 Å². The molecule has 0 aliphatic rings. The molecule has 0 saturated heterocycles. The van der Waals surface area contributed by atoms with Crippen molar-refractivity contribution in [1.82, 2.24) is 10.3 Å². The third kappa shape index (κ3) is 7.32. The molecule has 0 aromatic carbocycles. The molecule has 1 rings (SSSR count). The average Bonchev–Trinajstić information content (AvgIpc) is 2.44. The molecule has 0 fully saturated rings. The van der Waals surface area contributed by atoms with Crippen LogP contribution in [0.2, 0.25) is 0 Å². The zero-order valence-electron chi connectivity index (χ0n) is 12.5. The van der Waals surface area contributed by atoms with E-state index in [4.69, 9.17) is 4.74 Å². The van der Waals surface area contributed by atoms with E-state index >= 15 is 0 Å². The van der Waals surface area contributed by atoms with Crippen molar-refractivity contribution in [3.05, 3.63) is 24.0 Å². The minimum absolute atomic E-state index is 0.00239. The van der Waals surface area contributed by atoms with E-state index in [2.05, 4.69) is 10.3 Å². The largest absolute Gasteiger partial charge is 0.492 e. The molecule has 6 heteroatoms. The Morgan fingerprint density at radius 2 is 2.00 bits per heavy atom. The van der Waals surface area contributed by atoms with Gasteiger partial charge in [-0.05, 0) is 37.4 Å². The number of rotatable bonds is 9. The number of halogens is 3. The minimum atomic E-state index is -4.14. The monoisotopic (exact) mass is 304 g/mol. The molecule has 120 valence electrons. The van der Waals surface area contributed by atoms with Gasteiger partial charge in [-0.3, -0.25) is 4.98 Å². The van der Waals surface area contributed by atoms with E-state index in [1.165, 1.54) is 0 Å². The van der Waals surface area contributed by atoms with Gasteiger partial charge in [-0.1, -0.05) is 13.8 Å². The predicted octanol–water partition coefficient (Wildman–Crippen LogP) is 4.25. The van der Waals surface area contributed by atoms with Gasteiger partial charge in [-0.25, -0.2) is 0 Å². The molecule has 3 nitrogen and oxygen atoms in total. The van der Waals surface area contributed by atoms with E-state index in [-0.39, 0.29) is 12.5 Å². The lowest BCUT2D eigenvalue weighted by Crippen LogP contribution is -2.24. The molecule has 1 atom stereocenters. The van der Waals surface area contributed by atoms with Gasteiger partial charge in [0.15, 0.2) is 0 Å². The fraction of sp³-hybridized carbons (Fsp3) is 0.667. The van der Waals surface area contributed by atoms with Crippen molar-refractivity contribution in [2.75, 3.05) is 13.2 Å². The summed E-state index contributed by atoms with van der Waals surface area (Å²) in [5, 5.41) is 3.15. The highest BCUT2D eigenvalue weighted by molar-refractivity contribution is 5.26. The SMILES string of the molecule is CCCNC(CCC(F)(F)F)c1cncc(OCCC)c1. The van der Waals surface area contributed by atoms with Gasteiger partial charge in [0.25, 0.3) is 0 Å². The van der Waals surface area contributed by atoms with Crippen LogP contribution in [0.1, 0.15) is 51.1 Å². The first-order chi connectivity index (χ1) is 9.96. The van der Waals surface area contributed by atoms with Crippen LogP contribution in [0.25, 0.3) is 0 Å². The Balaban J connectivity index is 2.76. The summed E-state index contributed by atoms with van der Waals surface area (Å²) in [6.45, 7) is 5.21. The van der Waals surface area contributed by atoms with Crippen LogP contribution in [0.15, 0.2) is 18.5 Å². The molecule has 21 heavy (non-hydrogen) atoms. The van der Waals surface area contributed by atoms with Crippen molar-refractivity contribution in [2.45, 2.75) is 51.7 Å². The third-order valence-corrected chi connectivity index (χ3v) is 2.97. The van der Waals surface area contributed by atoms with E-state index in [1.807, 2.05) is 13.8 Å². The Morgan fingerprint density at radius 1 is 1.24 bits per heavy atom. The Hall–Kier alpha value is -1.30. The lowest BCUT2D eigenvalue weighted by Gasteiger charge is -2.20. The maximum atomic E-state index is 12.4. The molecule has 1 unspecified atom stereocenters. The number of hydrogen-bond donors (Lipinski definition) is 1. The summed E-state index contributed by atoms with van der Waals surface area (Å²) >= 11 is 0. The van der Waals surface area contributed by atoms with E-state index in [0.717, 1.165) is 18.4 Å². The highest BCUT2D eigenvalue weighted by Gasteiger charge is 2.28. The fourth-order valence-corrected chi connectivity index (χ4v) is 1.94. The predicted molar refractivity (Wildman–Crippen MR) is 76.3 cm³/mol. The third-order valence-electron chi connectivity index (χ3n) is 2.97. The van der Waals surface area contributed by atoms with Gasteiger partial charge in [-0.15, -0.1) is 0 Å². The summed E-state index contributed by atoms with van der Waals surface area (Å²) in [6, 6.07) is 1.41. The highest BCUT2D eigenvalue weighted by Crippen LogP contribution is 2.28. The van der Waals surface area contributed by atoms with Crippen LogP contribution in [-0.2, 0) is 0 Å². The number of nitrogens with zero attached hydrogens (tertiary/aromatic N) is 1. The van der Waals surface area contributed by atoms with Gasteiger partial charge >= 0.3 is 6.18 Å². The molecule has 0 amide bonds. The van der Waals surface area contributed by atoms with Gasteiger partial charge in [0.05, 0.1) is 12.8 Å². The van der Waals surface area contributed by atoms with Crippen LogP contribution in [0.4, 0.5) is 13.2 Å². The van der Waals surface area contributed by atoms with Gasteiger partial charge in [0, 0.05) is 18.7 Å². The van der Waals surface area contributed by atoms with Crippen molar-refractivity contribution in [1.29, 1.82) is 0 Å². The molecule has 1 aromatic heterocycles. The van der Waals surface area contributed by atoms with Crippen LogP contribution in [0.5, 0.6) is 5.75 Å². The van der Waals surface area contributed by atoms with Crippen molar-refractivity contribution in [3.8, 4) is 5.75 Å². The van der Waals surface area contributed by atoms with Crippen LogP contribution in [0, 0.1) is 0 Å². The minimum Gasteiger partial charge on any atom is -0.492 e. The van der Waals surface area contributed by atoms with Crippen molar-refractivity contribution >= 4 is 0 Å². The fourth-order valence-electron chi connectivity index (χ4n) is 1.94. The number of nitrogens with one attached hydrogen (secondary N) is 1. The number of pyridine rings is 1. The summed E-state index contributed by atoms with van der Waals surface area (Å²) in [4.78, 5) is 4.06. The van der Waals surface area contributed by atoms with Crippen molar-refractivity contribution in [3.63, 3.8) is 0 Å². The topological polar surface area (TPSA) is 34.2 Å². The van der Waals surface area contributed by atoms with E-state index in [1.54, 1.807) is 18.5 Å². The number of ether oxygens (including phenoxy) is 1. The number of hydrogen-bond acceptors (Lipinski definition) is 3. The Kier molecular flexibility index (Phi) is 7.50. The Morgan fingerprint density at radius 3 is 2.62 bits per heavy atom. The van der Waals surface area contributed by atoms with Gasteiger partial charge < -0.3 is 10.1 Å². The number of alkyl halides is 3. The summed E-state index contributed by atoms with van der Waals surface area (Å²) in [5.41, 5.74) is 0.737. The van der Waals surface area contributed by atoms with E-state index in [9.17, 15) is 13.2 Å². The van der Waals surface area contributed by atoms with E-state index in [0.29, 0.717) is 18.9 Å². The second kappa shape index (κ2) is 8.87. The molecule has 0 bridgehead atoms. The molecular formula is C15H23F3N2O. The lowest BCUT2D eigenvalue weighted by atomic mass is 10.0. The van der Waals surface area contributed by atoms with Crippen molar-refractivity contribution < 1.29 is 17.9 Å². The second-order valence-corrected chi connectivity index (χ2v) is 4.96. The van der Waals surface area contributed by atoms with Gasteiger partial charge in [-0.2, -0.15) is 13.2 Å². The molecule has 0 saturated carbocycles. The maximum absolute atomic E-state index is 12.4. The quantitative estimate of drug-likeness (QED) is 0.740. The first kappa shape index (κ1) is 17.8. The van der Waals surface area contributed by atoms with Gasteiger partial charge in [0.1, 0.15) is 5.75 Å². The number of aromatic nitrogens is 1. The van der Waals surface area contributed by atoms with Crippen LogP contribution in [-0.4, -0.2) is 24.3 Å². The molecule has 0 aliphatic heterocycles. The van der Waals surface area contributed by atoms with Crippen molar-refractivity contribution in [2.24, 2.45) is 0 Å². The Labute approximate surface area is 123 Å².